The molecule has 0 saturated carbocycles. The second-order valence-corrected chi connectivity index (χ2v) is 5.11. The molecule has 1 unspecified atom stereocenters. The van der Waals surface area contributed by atoms with E-state index in [2.05, 4.69) is 29.6 Å². The fraction of sp³-hybridized carbons (Fsp3) is 0.529. The number of nitrogens with one attached hydrogen (secondary N) is 1. The van der Waals surface area contributed by atoms with E-state index >= 15 is 0 Å². The van der Waals surface area contributed by atoms with Gasteiger partial charge >= 0.3 is 0 Å². The van der Waals surface area contributed by atoms with Gasteiger partial charge in [0, 0.05) is 0 Å². The van der Waals surface area contributed by atoms with E-state index in [0.29, 0.717) is 6.04 Å². The first-order chi connectivity index (χ1) is 9.35. The van der Waals surface area contributed by atoms with Crippen molar-refractivity contribution in [2.24, 2.45) is 0 Å². The number of ether oxygens (including phenoxy) is 1. The molecule has 0 heterocycles. The van der Waals surface area contributed by atoms with E-state index in [4.69, 9.17) is 4.74 Å². The maximum Gasteiger partial charge on any atom is 0.119 e. The number of likely N-dealkylation sites (N-methyl/N-ethyl adjacent to an activating group) is 1. The van der Waals surface area contributed by atoms with Gasteiger partial charge in [-0.2, -0.15) is 0 Å². The summed E-state index contributed by atoms with van der Waals surface area (Å²) in [6.45, 7) is 2.74. The van der Waals surface area contributed by atoms with Gasteiger partial charge < -0.3 is 10.1 Å². The largest absolute Gasteiger partial charge is 0.494 e. The number of rotatable bonds is 5. The molecule has 19 heavy (non-hydrogen) atoms. The highest BCUT2D eigenvalue weighted by Gasteiger charge is 2.16. The highest BCUT2D eigenvalue weighted by molar-refractivity contribution is 5.35. The van der Waals surface area contributed by atoms with Crippen molar-refractivity contribution in [2.75, 3.05) is 13.7 Å². The minimum absolute atomic E-state index is 0.332. The predicted octanol–water partition coefficient (Wildman–Crippen LogP) is 4.24. The Bertz CT molecular complexity index is 425. The van der Waals surface area contributed by atoms with Crippen molar-refractivity contribution in [3.63, 3.8) is 0 Å². The van der Waals surface area contributed by atoms with E-state index in [1.54, 1.807) is 0 Å². The third-order valence-electron chi connectivity index (χ3n) is 3.74. The Morgan fingerprint density at radius 3 is 2.95 bits per heavy atom. The van der Waals surface area contributed by atoms with Gasteiger partial charge in [0.25, 0.3) is 0 Å². The van der Waals surface area contributed by atoms with Crippen LogP contribution in [0.3, 0.4) is 0 Å². The lowest BCUT2D eigenvalue weighted by molar-refractivity contribution is 0.339. The first kappa shape index (κ1) is 14.1. The minimum atomic E-state index is 0.332. The summed E-state index contributed by atoms with van der Waals surface area (Å²) >= 11 is 0. The molecule has 1 aliphatic rings. The van der Waals surface area contributed by atoms with Crippen molar-refractivity contribution in [2.45, 2.75) is 45.1 Å². The maximum absolute atomic E-state index is 5.61. The summed E-state index contributed by atoms with van der Waals surface area (Å²) in [5.74, 6) is 0.967. The minimum Gasteiger partial charge on any atom is -0.494 e. The van der Waals surface area contributed by atoms with Crippen LogP contribution in [0.15, 0.2) is 35.9 Å². The summed E-state index contributed by atoms with van der Waals surface area (Å²) in [6, 6.07) is 8.80. The van der Waals surface area contributed by atoms with Crippen LogP contribution in [0.1, 0.15) is 50.6 Å². The Balaban J connectivity index is 2.20. The summed E-state index contributed by atoms with van der Waals surface area (Å²) in [7, 11) is 2.05. The lowest BCUT2D eigenvalue weighted by Gasteiger charge is -2.21. The van der Waals surface area contributed by atoms with Gasteiger partial charge in [0.1, 0.15) is 5.75 Å². The van der Waals surface area contributed by atoms with Crippen molar-refractivity contribution in [1.82, 2.24) is 5.32 Å². The molecule has 0 aromatic heterocycles. The van der Waals surface area contributed by atoms with Crippen LogP contribution in [0.4, 0.5) is 0 Å². The SMILES string of the molecule is CCOc1cccc(C(NC)C2=CCCCCC2)c1. The lowest BCUT2D eigenvalue weighted by atomic mass is 9.95. The van der Waals surface area contributed by atoms with Crippen LogP contribution in [0.25, 0.3) is 0 Å². The van der Waals surface area contributed by atoms with Crippen molar-refractivity contribution in [3.05, 3.63) is 41.5 Å². The van der Waals surface area contributed by atoms with Crippen LogP contribution in [-0.2, 0) is 0 Å². The zero-order valence-corrected chi connectivity index (χ0v) is 12.1. The number of hydrogen-bond acceptors (Lipinski definition) is 2. The molecule has 1 aromatic rings. The third-order valence-corrected chi connectivity index (χ3v) is 3.74. The van der Waals surface area contributed by atoms with E-state index < -0.39 is 0 Å². The Morgan fingerprint density at radius 2 is 2.16 bits per heavy atom. The molecule has 1 N–H and O–H groups in total. The van der Waals surface area contributed by atoms with E-state index in [-0.39, 0.29) is 0 Å². The van der Waals surface area contributed by atoms with Gasteiger partial charge in [-0.15, -0.1) is 0 Å². The number of benzene rings is 1. The van der Waals surface area contributed by atoms with Crippen LogP contribution < -0.4 is 10.1 Å². The van der Waals surface area contributed by atoms with Gasteiger partial charge in [-0.05, 0) is 57.4 Å². The average Bonchev–Trinajstić information content (AvgIpc) is 2.70. The van der Waals surface area contributed by atoms with E-state index in [0.717, 1.165) is 12.4 Å². The van der Waals surface area contributed by atoms with E-state index in [1.165, 1.54) is 43.2 Å². The zero-order valence-electron chi connectivity index (χ0n) is 12.1. The molecule has 2 heteroatoms. The lowest BCUT2D eigenvalue weighted by Crippen LogP contribution is -2.18. The van der Waals surface area contributed by atoms with Gasteiger partial charge in [-0.25, -0.2) is 0 Å². The molecule has 1 atom stereocenters. The topological polar surface area (TPSA) is 21.3 Å². The highest BCUT2D eigenvalue weighted by Crippen LogP contribution is 2.30. The summed E-state index contributed by atoms with van der Waals surface area (Å²) in [5, 5.41) is 3.46. The molecule has 1 aromatic carbocycles. The molecule has 0 amide bonds. The standard InChI is InChI=1S/C17H25NO/c1-3-19-16-12-8-11-15(13-16)17(18-2)14-9-6-4-5-7-10-14/h8-9,11-13,17-18H,3-7,10H2,1-2H3. The first-order valence-corrected chi connectivity index (χ1v) is 7.44. The van der Waals surface area contributed by atoms with E-state index in [9.17, 15) is 0 Å². The summed E-state index contributed by atoms with van der Waals surface area (Å²) in [6.07, 6.45) is 8.87. The molecule has 104 valence electrons. The van der Waals surface area contributed by atoms with Gasteiger partial charge in [-0.3, -0.25) is 0 Å². The van der Waals surface area contributed by atoms with Crippen molar-refractivity contribution in [1.29, 1.82) is 0 Å². The van der Waals surface area contributed by atoms with Crippen molar-refractivity contribution in [3.8, 4) is 5.75 Å². The maximum atomic E-state index is 5.61. The molecule has 2 nitrogen and oxygen atoms in total. The first-order valence-electron chi connectivity index (χ1n) is 7.44. The van der Waals surface area contributed by atoms with Crippen LogP contribution in [0.2, 0.25) is 0 Å². The summed E-state index contributed by atoms with van der Waals surface area (Å²) in [5.41, 5.74) is 2.84. The summed E-state index contributed by atoms with van der Waals surface area (Å²) < 4.78 is 5.61. The number of allylic oxidation sites excluding steroid dienone is 1. The smallest absolute Gasteiger partial charge is 0.119 e. The second kappa shape index (κ2) is 7.34. The fourth-order valence-electron chi connectivity index (χ4n) is 2.82. The molecule has 0 spiro atoms. The molecule has 1 aliphatic carbocycles. The normalized spacial score (nSPS) is 17.5. The molecule has 0 fully saturated rings. The number of hydrogen-bond donors (Lipinski definition) is 1. The van der Waals surface area contributed by atoms with Crippen molar-refractivity contribution >= 4 is 0 Å². The molecule has 2 rings (SSSR count). The molecular formula is C17H25NO. The molecule has 0 aliphatic heterocycles. The molecule has 0 radical (unpaired) electrons. The fourth-order valence-corrected chi connectivity index (χ4v) is 2.82. The molecule has 0 saturated heterocycles. The van der Waals surface area contributed by atoms with Crippen LogP contribution >= 0.6 is 0 Å². The Labute approximate surface area is 116 Å². The zero-order chi connectivity index (χ0) is 13.5. The average molecular weight is 259 g/mol. The highest BCUT2D eigenvalue weighted by atomic mass is 16.5. The van der Waals surface area contributed by atoms with Gasteiger partial charge in [0.05, 0.1) is 12.6 Å². The van der Waals surface area contributed by atoms with E-state index in [1.807, 2.05) is 20.0 Å². The second-order valence-electron chi connectivity index (χ2n) is 5.11. The molecule has 0 bridgehead atoms. The predicted molar refractivity (Wildman–Crippen MR) is 80.6 cm³/mol. The summed E-state index contributed by atoms with van der Waals surface area (Å²) in [4.78, 5) is 0. The monoisotopic (exact) mass is 259 g/mol. The van der Waals surface area contributed by atoms with Crippen molar-refractivity contribution < 1.29 is 4.74 Å². The van der Waals surface area contributed by atoms with Gasteiger partial charge in [-0.1, -0.05) is 30.2 Å². The van der Waals surface area contributed by atoms with Crippen LogP contribution in [0, 0.1) is 0 Å². The quantitative estimate of drug-likeness (QED) is 0.799. The Hall–Kier alpha value is -1.28. The van der Waals surface area contributed by atoms with Crippen LogP contribution in [0.5, 0.6) is 5.75 Å². The van der Waals surface area contributed by atoms with Gasteiger partial charge in [0.2, 0.25) is 0 Å². The Kier molecular flexibility index (Phi) is 5.46. The Morgan fingerprint density at radius 1 is 1.26 bits per heavy atom. The van der Waals surface area contributed by atoms with Gasteiger partial charge in [0.15, 0.2) is 0 Å². The third kappa shape index (κ3) is 3.84. The molecular weight excluding hydrogens is 234 g/mol. The van der Waals surface area contributed by atoms with Crippen LogP contribution in [-0.4, -0.2) is 13.7 Å².